The van der Waals surface area contributed by atoms with Gasteiger partial charge in [0.1, 0.15) is 6.54 Å². The van der Waals surface area contributed by atoms with Crippen molar-refractivity contribution in [2.24, 2.45) is 0 Å². The zero-order valence-corrected chi connectivity index (χ0v) is 11.2. The molecule has 0 spiro atoms. The van der Waals surface area contributed by atoms with Crippen molar-refractivity contribution < 1.29 is 18.0 Å². The molecule has 20 heavy (non-hydrogen) atoms. The van der Waals surface area contributed by atoms with Gasteiger partial charge in [-0.2, -0.15) is 13.2 Å². The highest BCUT2D eigenvalue weighted by Gasteiger charge is 2.35. The lowest BCUT2D eigenvalue weighted by molar-refractivity contribution is -0.162. The molecule has 0 radical (unpaired) electrons. The Hall–Kier alpha value is -1.56. The molecule has 1 aliphatic rings. The lowest BCUT2D eigenvalue weighted by Crippen LogP contribution is -2.51. The summed E-state index contributed by atoms with van der Waals surface area (Å²) in [6.07, 6.45) is -3.93. The minimum absolute atomic E-state index is 0.0537. The molecule has 0 unspecified atom stereocenters. The van der Waals surface area contributed by atoms with E-state index in [-0.39, 0.29) is 6.54 Å². The predicted molar refractivity (Wildman–Crippen MR) is 69.1 cm³/mol. The molecule has 1 aromatic carbocycles. The molecule has 0 bridgehead atoms. The van der Waals surface area contributed by atoms with Crippen LogP contribution in [0.5, 0.6) is 0 Å². The number of likely N-dealkylation sites (N-methyl/N-ethyl adjacent to an activating group) is 1. The third-order valence-electron chi connectivity index (χ3n) is 3.44. The molecule has 1 atom stereocenters. The van der Waals surface area contributed by atoms with E-state index >= 15 is 0 Å². The number of amides is 1. The van der Waals surface area contributed by atoms with E-state index in [4.69, 9.17) is 0 Å². The number of benzene rings is 1. The second-order valence-corrected chi connectivity index (χ2v) is 4.87. The van der Waals surface area contributed by atoms with Gasteiger partial charge in [-0.1, -0.05) is 24.3 Å². The predicted octanol–water partition coefficient (Wildman–Crippen LogP) is 2.11. The van der Waals surface area contributed by atoms with E-state index in [2.05, 4.69) is 5.32 Å². The van der Waals surface area contributed by atoms with E-state index in [1.807, 2.05) is 24.3 Å². The molecular weight excluding hydrogens is 269 g/mol. The molecule has 1 aliphatic heterocycles. The molecule has 2 rings (SSSR count). The highest BCUT2D eigenvalue weighted by atomic mass is 19.4. The fraction of sp³-hybridized carbons (Fsp3) is 0.500. The molecule has 1 N–H and O–H groups in total. The molecular formula is C14H17F3N2O. The number of nitrogens with zero attached hydrogens (tertiary/aromatic N) is 1. The lowest BCUT2D eigenvalue weighted by atomic mass is 9.95. The minimum atomic E-state index is -4.36. The number of halogens is 3. The molecule has 1 amide bonds. The molecule has 110 valence electrons. The van der Waals surface area contributed by atoms with Crippen molar-refractivity contribution in [2.45, 2.75) is 32.1 Å². The molecule has 0 saturated heterocycles. The summed E-state index contributed by atoms with van der Waals surface area (Å²) in [5.74, 6) is -0.487. The number of fused-ring (bicyclic) bond motifs is 1. The zero-order chi connectivity index (χ0) is 14.8. The van der Waals surface area contributed by atoms with Crippen LogP contribution in [0.3, 0.4) is 0 Å². The molecule has 0 aromatic heterocycles. The molecule has 1 aromatic rings. The summed E-state index contributed by atoms with van der Waals surface area (Å²) in [7, 11) is 0. The molecule has 6 heteroatoms. The van der Waals surface area contributed by atoms with E-state index < -0.39 is 24.7 Å². The SMILES string of the molecule is CCN(CC(F)(F)F)C(=O)[C@@H]1Cc2ccccc2CN1. The van der Waals surface area contributed by atoms with Crippen LogP contribution >= 0.6 is 0 Å². The zero-order valence-electron chi connectivity index (χ0n) is 11.2. The van der Waals surface area contributed by atoms with Crippen LogP contribution in [-0.2, 0) is 17.8 Å². The third kappa shape index (κ3) is 3.50. The maximum Gasteiger partial charge on any atom is 0.406 e. The first-order valence-electron chi connectivity index (χ1n) is 6.56. The Balaban J connectivity index is 2.07. The average molecular weight is 286 g/mol. The van der Waals surface area contributed by atoms with E-state index in [9.17, 15) is 18.0 Å². The quantitative estimate of drug-likeness (QED) is 0.923. The summed E-state index contributed by atoms with van der Waals surface area (Å²) in [4.78, 5) is 13.0. The van der Waals surface area contributed by atoms with Crippen molar-refractivity contribution in [1.29, 1.82) is 0 Å². The van der Waals surface area contributed by atoms with Crippen LogP contribution < -0.4 is 5.32 Å². The van der Waals surface area contributed by atoms with Gasteiger partial charge in [-0.15, -0.1) is 0 Å². The van der Waals surface area contributed by atoms with Gasteiger partial charge in [0, 0.05) is 13.1 Å². The lowest BCUT2D eigenvalue weighted by Gasteiger charge is -2.30. The maximum absolute atomic E-state index is 12.4. The summed E-state index contributed by atoms with van der Waals surface area (Å²) in [6.45, 7) is 0.927. The summed E-state index contributed by atoms with van der Waals surface area (Å²) >= 11 is 0. The van der Waals surface area contributed by atoms with Crippen LogP contribution in [0.4, 0.5) is 13.2 Å². The molecule has 3 nitrogen and oxygen atoms in total. The summed E-state index contributed by atoms with van der Waals surface area (Å²) < 4.78 is 37.3. The van der Waals surface area contributed by atoms with Gasteiger partial charge in [-0.05, 0) is 24.5 Å². The number of carbonyl (C=O) groups excluding carboxylic acids is 1. The summed E-state index contributed by atoms with van der Waals surface area (Å²) in [5, 5.41) is 3.02. The van der Waals surface area contributed by atoms with E-state index in [0.717, 1.165) is 16.0 Å². The Morgan fingerprint density at radius 1 is 1.35 bits per heavy atom. The van der Waals surface area contributed by atoms with Crippen molar-refractivity contribution in [2.75, 3.05) is 13.1 Å². The molecule has 0 aliphatic carbocycles. The summed E-state index contributed by atoms with van der Waals surface area (Å²) in [5.41, 5.74) is 2.11. The number of hydrogen-bond donors (Lipinski definition) is 1. The summed E-state index contributed by atoms with van der Waals surface area (Å²) in [6, 6.07) is 7.07. The number of hydrogen-bond acceptors (Lipinski definition) is 2. The fourth-order valence-corrected chi connectivity index (χ4v) is 2.41. The van der Waals surface area contributed by atoms with E-state index in [0.29, 0.717) is 13.0 Å². The topological polar surface area (TPSA) is 32.3 Å². The highest BCUT2D eigenvalue weighted by Crippen LogP contribution is 2.20. The Kier molecular flexibility index (Phi) is 4.32. The molecule has 0 saturated carbocycles. The van der Waals surface area contributed by atoms with Gasteiger partial charge >= 0.3 is 6.18 Å². The maximum atomic E-state index is 12.4. The number of carbonyl (C=O) groups is 1. The smallest absolute Gasteiger partial charge is 0.333 e. The van der Waals surface area contributed by atoms with Crippen LogP contribution in [-0.4, -0.2) is 36.1 Å². The van der Waals surface area contributed by atoms with Crippen molar-refractivity contribution >= 4 is 5.91 Å². The first-order chi connectivity index (χ1) is 9.40. The molecule has 0 fully saturated rings. The number of nitrogens with one attached hydrogen (secondary N) is 1. The number of alkyl halides is 3. The average Bonchev–Trinajstić information content (AvgIpc) is 2.42. The van der Waals surface area contributed by atoms with Crippen molar-refractivity contribution in [1.82, 2.24) is 10.2 Å². The highest BCUT2D eigenvalue weighted by molar-refractivity contribution is 5.82. The minimum Gasteiger partial charge on any atom is -0.333 e. The standard InChI is InChI=1S/C14H17F3N2O/c1-2-19(9-14(15,16)17)13(20)12-7-10-5-3-4-6-11(10)8-18-12/h3-6,12,18H,2,7-9H2,1H3/t12-/m0/s1. The second-order valence-electron chi connectivity index (χ2n) is 4.87. The Labute approximate surface area is 115 Å². The van der Waals surface area contributed by atoms with Gasteiger partial charge < -0.3 is 10.2 Å². The Morgan fingerprint density at radius 2 is 2.00 bits per heavy atom. The van der Waals surface area contributed by atoms with E-state index in [1.165, 1.54) is 0 Å². The number of rotatable bonds is 3. The Bertz CT molecular complexity index is 488. The first-order valence-corrected chi connectivity index (χ1v) is 6.56. The van der Waals surface area contributed by atoms with Crippen LogP contribution in [0.15, 0.2) is 24.3 Å². The van der Waals surface area contributed by atoms with Crippen molar-refractivity contribution in [3.05, 3.63) is 35.4 Å². The second kappa shape index (κ2) is 5.83. The first kappa shape index (κ1) is 14.8. The van der Waals surface area contributed by atoms with Gasteiger partial charge in [0.2, 0.25) is 5.91 Å². The largest absolute Gasteiger partial charge is 0.406 e. The van der Waals surface area contributed by atoms with Crippen molar-refractivity contribution in [3.63, 3.8) is 0 Å². The van der Waals surface area contributed by atoms with Crippen LogP contribution in [0.25, 0.3) is 0 Å². The van der Waals surface area contributed by atoms with Gasteiger partial charge in [0.15, 0.2) is 0 Å². The monoisotopic (exact) mass is 286 g/mol. The van der Waals surface area contributed by atoms with Gasteiger partial charge in [0.25, 0.3) is 0 Å². The van der Waals surface area contributed by atoms with E-state index in [1.54, 1.807) is 6.92 Å². The van der Waals surface area contributed by atoms with Gasteiger partial charge in [-0.25, -0.2) is 0 Å². The fourth-order valence-electron chi connectivity index (χ4n) is 2.41. The normalized spacial score (nSPS) is 18.5. The van der Waals surface area contributed by atoms with Gasteiger partial charge in [-0.3, -0.25) is 4.79 Å². The van der Waals surface area contributed by atoms with Crippen LogP contribution in [0.2, 0.25) is 0 Å². The molecule has 1 heterocycles. The van der Waals surface area contributed by atoms with Crippen LogP contribution in [0.1, 0.15) is 18.1 Å². The van der Waals surface area contributed by atoms with Crippen LogP contribution in [0, 0.1) is 0 Å². The van der Waals surface area contributed by atoms with Crippen molar-refractivity contribution in [3.8, 4) is 0 Å². The van der Waals surface area contributed by atoms with Gasteiger partial charge in [0.05, 0.1) is 6.04 Å². The third-order valence-corrected chi connectivity index (χ3v) is 3.44. The Morgan fingerprint density at radius 3 is 2.60 bits per heavy atom.